The standard InChI is InChI=1S/C17H22O/c1-12-10-14(3)16(11-13(12)2)17(18)15-8-6-4-5-7-9-15/h8,10-11H,4-7,9H2,1-3H3. The number of hydrogen-bond donors (Lipinski definition) is 0. The highest BCUT2D eigenvalue weighted by atomic mass is 16.1. The number of rotatable bonds is 2. The predicted molar refractivity (Wildman–Crippen MR) is 76.2 cm³/mol. The summed E-state index contributed by atoms with van der Waals surface area (Å²) in [5.41, 5.74) is 5.50. The maximum Gasteiger partial charge on any atom is 0.188 e. The van der Waals surface area contributed by atoms with Crippen molar-refractivity contribution in [2.24, 2.45) is 0 Å². The fourth-order valence-corrected chi connectivity index (χ4v) is 2.60. The van der Waals surface area contributed by atoms with Crippen LogP contribution in [0.15, 0.2) is 23.8 Å². The van der Waals surface area contributed by atoms with E-state index in [1.165, 1.54) is 24.0 Å². The predicted octanol–water partition coefficient (Wildman–Crippen LogP) is 4.69. The third-order valence-corrected chi connectivity index (χ3v) is 3.92. The highest BCUT2D eigenvalue weighted by Crippen LogP contribution is 2.24. The van der Waals surface area contributed by atoms with Gasteiger partial charge in [-0.3, -0.25) is 4.79 Å². The van der Waals surface area contributed by atoms with Crippen LogP contribution in [0.25, 0.3) is 0 Å². The first kappa shape index (κ1) is 13.1. The molecule has 0 aliphatic heterocycles. The smallest absolute Gasteiger partial charge is 0.188 e. The summed E-state index contributed by atoms with van der Waals surface area (Å²) in [6, 6.07) is 4.18. The number of Topliss-reactive ketones (excluding diaryl/α,β-unsaturated/α-hetero) is 1. The minimum Gasteiger partial charge on any atom is -0.289 e. The van der Waals surface area contributed by atoms with Crippen LogP contribution < -0.4 is 0 Å². The van der Waals surface area contributed by atoms with Crippen molar-refractivity contribution in [3.8, 4) is 0 Å². The number of ketones is 1. The largest absolute Gasteiger partial charge is 0.289 e. The van der Waals surface area contributed by atoms with E-state index in [1.807, 2.05) is 6.92 Å². The van der Waals surface area contributed by atoms with Crippen molar-refractivity contribution in [2.75, 3.05) is 0 Å². The zero-order chi connectivity index (χ0) is 13.1. The Hall–Kier alpha value is -1.37. The zero-order valence-corrected chi connectivity index (χ0v) is 11.7. The van der Waals surface area contributed by atoms with Gasteiger partial charge < -0.3 is 0 Å². The third kappa shape index (κ3) is 2.72. The van der Waals surface area contributed by atoms with E-state index >= 15 is 0 Å². The van der Waals surface area contributed by atoms with Gasteiger partial charge >= 0.3 is 0 Å². The van der Waals surface area contributed by atoms with Crippen molar-refractivity contribution in [1.82, 2.24) is 0 Å². The van der Waals surface area contributed by atoms with Crippen LogP contribution in [0.4, 0.5) is 0 Å². The second-order valence-electron chi connectivity index (χ2n) is 5.41. The maximum atomic E-state index is 12.6. The molecule has 0 fully saturated rings. The third-order valence-electron chi connectivity index (χ3n) is 3.92. The summed E-state index contributed by atoms with van der Waals surface area (Å²) in [7, 11) is 0. The van der Waals surface area contributed by atoms with Crippen molar-refractivity contribution in [1.29, 1.82) is 0 Å². The minimum absolute atomic E-state index is 0.248. The van der Waals surface area contributed by atoms with E-state index in [9.17, 15) is 4.79 Å². The second kappa shape index (κ2) is 5.51. The fourth-order valence-electron chi connectivity index (χ4n) is 2.60. The molecule has 2 rings (SSSR count). The van der Waals surface area contributed by atoms with Gasteiger partial charge in [-0.05, 0) is 74.8 Å². The molecule has 1 aliphatic carbocycles. The SMILES string of the molecule is Cc1cc(C)c(C(=O)C2=CCCCCC2)cc1C. The Labute approximate surface area is 110 Å². The molecule has 0 amide bonds. The van der Waals surface area contributed by atoms with Gasteiger partial charge in [-0.25, -0.2) is 0 Å². The monoisotopic (exact) mass is 242 g/mol. The van der Waals surface area contributed by atoms with Gasteiger partial charge in [-0.15, -0.1) is 0 Å². The first-order valence-corrected chi connectivity index (χ1v) is 6.91. The van der Waals surface area contributed by atoms with Crippen molar-refractivity contribution >= 4 is 5.78 Å². The van der Waals surface area contributed by atoms with E-state index in [0.717, 1.165) is 36.0 Å². The molecule has 18 heavy (non-hydrogen) atoms. The Kier molecular flexibility index (Phi) is 4.00. The first-order chi connectivity index (χ1) is 8.59. The summed E-state index contributed by atoms with van der Waals surface area (Å²) in [5.74, 6) is 0.248. The van der Waals surface area contributed by atoms with Crippen LogP contribution in [0.5, 0.6) is 0 Å². The lowest BCUT2D eigenvalue weighted by atomic mass is 9.93. The number of carbonyl (C=O) groups excluding carboxylic acids is 1. The van der Waals surface area contributed by atoms with Crippen LogP contribution in [0.3, 0.4) is 0 Å². The number of hydrogen-bond acceptors (Lipinski definition) is 1. The van der Waals surface area contributed by atoms with Crippen LogP contribution in [0, 0.1) is 20.8 Å². The molecule has 0 aromatic heterocycles. The van der Waals surface area contributed by atoms with E-state index in [1.54, 1.807) is 0 Å². The number of allylic oxidation sites excluding steroid dienone is 2. The van der Waals surface area contributed by atoms with E-state index in [0.29, 0.717) is 0 Å². The molecule has 1 aromatic rings. The lowest BCUT2D eigenvalue weighted by Gasteiger charge is -2.10. The van der Waals surface area contributed by atoms with Crippen LogP contribution in [-0.2, 0) is 0 Å². The summed E-state index contributed by atoms with van der Waals surface area (Å²) in [5, 5.41) is 0. The van der Waals surface area contributed by atoms with Gasteiger partial charge in [0.15, 0.2) is 5.78 Å². The Morgan fingerprint density at radius 1 is 0.944 bits per heavy atom. The molecule has 0 saturated carbocycles. The van der Waals surface area contributed by atoms with Crippen molar-refractivity contribution in [2.45, 2.75) is 52.9 Å². The average molecular weight is 242 g/mol. The Bertz CT molecular complexity index is 495. The van der Waals surface area contributed by atoms with Crippen LogP contribution >= 0.6 is 0 Å². The van der Waals surface area contributed by atoms with Crippen LogP contribution in [-0.4, -0.2) is 5.78 Å². The van der Waals surface area contributed by atoms with E-state index < -0.39 is 0 Å². The van der Waals surface area contributed by atoms with Gasteiger partial charge in [0.1, 0.15) is 0 Å². The number of aryl methyl sites for hydroxylation is 3. The van der Waals surface area contributed by atoms with Crippen molar-refractivity contribution in [3.05, 3.63) is 46.0 Å². The van der Waals surface area contributed by atoms with E-state index in [2.05, 4.69) is 32.1 Å². The number of benzene rings is 1. The minimum atomic E-state index is 0.248. The highest BCUT2D eigenvalue weighted by Gasteiger charge is 2.16. The van der Waals surface area contributed by atoms with Crippen molar-refractivity contribution < 1.29 is 4.79 Å². The lowest BCUT2D eigenvalue weighted by molar-refractivity contribution is 0.103. The molecule has 0 bridgehead atoms. The second-order valence-corrected chi connectivity index (χ2v) is 5.41. The lowest BCUT2D eigenvalue weighted by Crippen LogP contribution is -2.06. The molecule has 1 nitrogen and oxygen atoms in total. The summed E-state index contributed by atoms with van der Waals surface area (Å²) in [6.07, 6.45) is 7.80. The van der Waals surface area contributed by atoms with Gasteiger partial charge in [0.05, 0.1) is 0 Å². The molecular formula is C17H22O. The molecule has 0 atom stereocenters. The van der Waals surface area contributed by atoms with E-state index in [4.69, 9.17) is 0 Å². The van der Waals surface area contributed by atoms with Gasteiger partial charge in [0.25, 0.3) is 0 Å². The average Bonchev–Trinajstić information content (AvgIpc) is 2.61. The van der Waals surface area contributed by atoms with Gasteiger partial charge in [0, 0.05) is 5.56 Å². The van der Waals surface area contributed by atoms with Gasteiger partial charge in [-0.1, -0.05) is 18.6 Å². The Morgan fingerprint density at radius 3 is 2.44 bits per heavy atom. The molecule has 1 aromatic carbocycles. The molecule has 1 aliphatic rings. The first-order valence-electron chi connectivity index (χ1n) is 6.91. The summed E-state index contributed by atoms with van der Waals surface area (Å²) < 4.78 is 0. The highest BCUT2D eigenvalue weighted by molar-refractivity contribution is 6.09. The quantitative estimate of drug-likeness (QED) is 0.688. The molecule has 0 unspecified atom stereocenters. The van der Waals surface area contributed by atoms with Gasteiger partial charge in [0.2, 0.25) is 0 Å². The van der Waals surface area contributed by atoms with Crippen LogP contribution in [0.1, 0.15) is 59.2 Å². The summed E-state index contributed by atoms with van der Waals surface area (Å²) in [6.45, 7) is 6.21. The molecule has 0 spiro atoms. The topological polar surface area (TPSA) is 17.1 Å². The summed E-state index contributed by atoms with van der Waals surface area (Å²) >= 11 is 0. The molecule has 0 N–H and O–H groups in total. The molecule has 1 heteroatoms. The molecule has 0 radical (unpaired) electrons. The van der Waals surface area contributed by atoms with Crippen molar-refractivity contribution in [3.63, 3.8) is 0 Å². The molecular weight excluding hydrogens is 220 g/mol. The number of carbonyl (C=O) groups is 1. The maximum absolute atomic E-state index is 12.6. The van der Waals surface area contributed by atoms with E-state index in [-0.39, 0.29) is 5.78 Å². The summed E-state index contributed by atoms with van der Waals surface area (Å²) in [4.78, 5) is 12.6. The fraction of sp³-hybridized carbons (Fsp3) is 0.471. The zero-order valence-electron chi connectivity index (χ0n) is 11.7. The van der Waals surface area contributed by atoms with Gasteiger partial charge in [-0.2, -0.15) is 0 Å². The Morgan fingerprint density at radius 2 is 1.67 bits per heavy atom. The van der Waals surface area contributed by atoms with Crippen LogP contribution in [0.2, 0.25) is 0 Å². The molecule has 96 valence electrons. The molecule has 0 heterocycles. The normalized spacial score (nSPS) is 16.1. The Balaban J connectivity index is 2.33. The molecule has 0 saturated heterocycles.